The molecule has 4 aromatic rings. The molecule has 0 heterocycles. The first kappa shape index (κ1) is 15.2. The fourth-order valence-corrected chi connectivity index (χ4v) is 3.64. The van der Waals surface area contributed by atoms with Gasteiger partial charge in [0.1, 0.15) is 11.6 Å². The van der Waals surface area contributed by atoms with Crippen molar-refractivity contribution in [2.45, 2.75) is 0 Å². The van der Waals surface area contributed by atoms with E-state index in [0.29, 0.717) is 11.1 Å². The molecular formula is C21H14BrFO. The highest BCUT2D eigenvalue weighted by molar-refractivity contribution is 9.10. The minimum atomic E-state index is -0.234. The molecular weight excluding hydrogens is 367 g/mol. The largest absolute Gasteiger partial charge is 0.496 e. The summed E-state index contributed by atoms with van der Waals surface area (Å²) in [7, 11) is 1.62. The summed E-state index contributed by atoms with van der Waals surface area (Å²) in [5.74, 6) is 0.447. The van der Waals surface area contributed by atoms with Crippen molar-refractivity contribution >= 4 is 37.5 Å². The maximum Gasteiger partial charge on any atom is 0.131 e. The number of hydrogen-bond acceptors (Lipinski definition) is 1. The lowest BCUT2D eigenvalue weighted by Crippen LogP contribution is -1.91. The Labute approximate surface area is 147 Å². The van der Waals surface area contributed by atoms with E-state index in [-0.39, 0.29) is 5.82 Å². The third-order valence-electron chi connectivity index (χ3n) is 4.27. The Balaban J connectivity index is 2.22. The van der Waals surface area contributed by atoms with Crippen LogP contribution < -0.4 is 4.74 Å². The average Bonchev–Trinajstić information content (AvgIpc) is 2.60. The molecule has 0 aromatic heterocycles. The van der Waals surface area contributed by atoms with Crippen molar-refractivity contribution in [3.05, 3.63) is 77.0 Å². The fraction of sp³-hybridized carbons (Fsp3) is 0.0476. The first-order valence-corrected chi connectivity index (χ1v) is 8.42. The predicted molar refractivity (Wildman–Crippen MR) is 101 cm³/mol. The van der Waals surface area contributed by atoms with Crippen LogP contribution in [0.15, 0.2) is 71.2 Å². The van der Waals surface area contributed by atoms with Crippen LogP contribution in [-0.4, -0.2) is 7.11 Å². The normalized spacial score (nSPS) is 11.1. The van der Waals surface area contributed by atoms with Gasteiger partial charge in [0.15, 0.2) is 0 Å². The van der Waals surface area contributed by atoms with E-state index in [4.69, 9.17) is 4.74 Å². The summed E-state index contributed by atoms with van der Waals surface area (Å²) in [4.78, 5) is 0. The van der Waals surface area contributed by atoms with E-state index in [1.54, 1.807) is 13.2 Å². The number of hydrogen-bond donors (Lipinski definition) is 0. The first-order chi connectivity index (χ1) is 11.7. The molecule has 4 aromatic carbocycles. The molecule has 0 aliphatic heterocycles. The van der Waals surface area contributed by atoms with Gasteiger partial charge in [-0.25, -0.2) is 4.39 Å². The van der Waals surface area contributed by atoms with Gasteiger partial charge >= 0.3 is 0 Å². The van der Waals surface area contributed by atoms with Gasteiger partial charge in [-0.2, -0.15) is 0 Å². The second-order valence-corrected chi connectivity index (χ2v) is 6.57. The highest BCUT2D eigenvalue weighted by Crippen LogP contribution is 2.40. The van der Waals surface area contributed by atoms with Gasteiger partial charge in [-0.05, 0) is 52.2 Å². The van der Waals surface area contributed by atoms with Crippen LogP contribution >= 0.6 is 15.9 Å². The molecule has 0 bridgehead atoms. The number of ether oxygens (including phenoxy) is 1. The van der Waals surface area contributed by atoms with Crippen LogP contribution in [0.5, 0.6) is 5.75 Å². The highest BCUT2D eigenvalue weighted by atomic mass is 79.9. The van der Waals surface area contributed by atoms with Crippen LogP contribution in [0.25, 0.3) is 32.7 Å². The molecule has 0 aliphatic carbocycles. The van der Waals surface area contributed by atoms with Gasteiger partial charge in [0.25, 0.3) is 0 Å². The Morgan fingerprint density at radius 2 is 1.67 bits per heavy atom. The SMILES string of the molecule is COc1cccc2c(-c3cccc(Br)c3)cc3cccc(F)c3c12. The lowest BCUT2D eigenvalue weighted by atomic mass is 9.92. The number of methoxy groups -OCH3 is 1. The zero-order valence-electron chi connectivity index (χ0n) is 13.0. The third kappa shape index (κ3) is 2.36. The number of benzene rings is 4. The second-order valence-electron chi connectivity index (χ2n) is 5.66. The highest BCUT2D eigenvalue weighted by Gasteiger charge is 2.14. The molecule has 0 N–H and O–H groups in total. The van der Waals surface area contributed by atoms with Crippen molar-refractivity contribution in [1.29, 1.82) is 0 Å². The van der Waals surface area contributed by atoms with Crippen LogP contribution in [0.4, 0.5) is 4.39 Å². The Morgan fingerprint density at radius 3 is 2.46 bits per heavy atom. The average molecular weight is 381 g/mol. The van der Waals surface area contributed by atoms with E-state index >= 15 is 0 Å². The van der Waals surface area contributed by atoms with E-state index in [1.807, 2.05) is 42.5 Å². The zero-order valence-corrected chi connectivity index (χ0v) is 14.6. The minimum Gasteiger partial charge on any atom is -0.496 e. The fourth-order valence-electron chi connectivity index (χ4n) is 3.24. The third-order valence-corrected chi connectivity index (χ3v) is 4.76. The standard InChI is InChI=1S/C21H14BrFO/c1-24-19-10-4-8-16-17(13-5-2-7-15(22)11-13)12-14-6-3-9-18(23)20(14)21(16)19/h2-12H,1H3. The molecule has 118 valence electrons. The molecule has 0 aliphatic rings. The summed E-state index contributed by atoms with van der Waals surface area (Å²) in [6.45, 7) is 0. The van der Waals surface area contributed by atoms with Crippen LogP contribution in [0.3, 0.4) is 0 Å². The van der Waals surface area contributed by atoms with Gasteiger partial charge in [0.05, 0.1) is 7.11 Å². The second kappa shape index (κ2) is 5.91. The lowest BCUT2D eigenvalue weighted by molar-refractivity contribution is 0.420. The van der Waals surface area contributed by atoms with Crippen molar-refractivity contribution in [3.8, 4) is 16.9 Å². The number of halogens is 2. The van der Waals surface area contributed by atoms with Crippen molar-refractivity contribution in [2.24, 2.45) is 0 Å². The predicted octanol–water partition coefficient (Wildman–Crippen LogP) is 6.57. The van der Waals surface area contributed by atoms with Gasteiger partial charge in [-0.3, -0.25) is 0 Å². The maximum absolute atomic E-state index is 14.6. The van der Waals surface area contributed by atoms with Crippen LogP contribution in [0.2, 0.25) is 0 Å². The number of rotatable bonds is 2. The Kier molecular flexibility index (Phi) is 3.73. The van der Waals surface area contributed by atoms with Crippen LogP contribution in [0, 0.1) is 5.82 Å². The quantitative estimate of drug-likeness (QED) is 0.357. The van der Waals surface area contributed by atoms with Gasteiger partial charge in [-0.15, -0.1) is 0 Å². The van der Waals surface area contributed by atoms with Crippen molar-refractivity contribution in [3.63, 3.8) is 0 Å². The minimum absolute atomic E-state index is 0.234. The molecule has 3 heteroatoms. The molecule has 4 rings (SSSR count). The monoisotopic (exact) mass is 380 g/mol. The molecule has 24 heavy (non-hydrogen) atoms. The molecule has 0 radical (unpaired) electrons. The summed E-state index contributed by atoms with van der Waals surface area (Å²) in [6.07, 6.45) is 0. The molecule has 0 saturated carbocycles. The van der Waals surface area contributed by atoms with Gasteiger partial charge in [0, 0.05) is 15.2 Å². The van der Waals surface area contributed by atoms with Gasteiger partial charge in [0.2, 0.25) is 0 Å². The van der Waals surface area contributed by atoms with E-state index in [0.717, 1.165) is 31.8 Å². The molecule has 0 atom stereocenters. The summed E-state index contributed by atoms with van der Waals surface area (Å²) in [5, 5.41) is 3.25. The smallest absolute Gasteiger partial charge is 0.131 e. The molecule has 0 unspecified atom stereocenters. The molecule has 0 saturated heterocycles. The molecule has 0 spiro atoms. The summed E-state index contributed by atoms with van der Waals surface area (Å²) >= 11 is 3.53. The molecule has 1 nitrogen and oxygen atoms in total. The Morgan fingerprint density at radius 1 is 0.875 bits per heavy atom. The molecule has 0 fully saturated rings. The van der Waals surface area contributed by atoms with Crippen molar-refractivity contribution in [1.82, 2.24) is 0 Å². The van der Waals surface area contributed by atoms with E-state index in [1.165, 1.54) is 6.07 Å². The van der Waals surface area contributed by atoms with Gasteiger partial charge in [-0.1, -0.05) is 52.3 Å². The summed E-state index contributed by atoms with van der Waals surface area (Å²) in [6, 6.07) is 21.2. The molecule has 0 amide bonds. The first-order valence-electron chi connectivity index (χ1n) is 7.63. The zero-order chi connectivity index (χ0) is 16.7. The summed E-state index contributed by atoms with van der Waals surface area (Å²) < 4.78 is 21.1. The van der Waals surface area contributed by atoms with Crippen molar-refractivity contribution in [2.75, 3.05) is 7.11 Å². The van der Waals surface area contributed by atoms with Crippen molar-refractivity contribution < 1.29 is 9.13 Å². The summed E-state index contributed by atoms with van der Waals surface area (Å²) in [5.41, 5.74) is 2.14. The topological polar surface area (TPSA) is 9.23 Å². The van der Waals surface area contributed by atoms with Crippen LogP contribution in [-0.2, 0) is 0 Å². The van der Waals surface area contributed by atoms with Crippen LogP contribution in [0.1, 0.15) is 0 Å². The maximum atomic E-state index is 14.6. The van der Waals surface area contributed by atoms with E-state index < -0.39 is 0 Å². The van der Waals surface area contributed by atoms with E-state index in [9.17, 15) is 4.39 Å². The van der Waals surface area contributed by atoms with Gasteiger partial charge < -0.3 is 4.74 Å². The van der Waals surface area contributed by atoms with E-state index in [2.05, 4.69) is 28.1 Å². The lowest BCUT2D eigenvalue weighted by Gasteiger charge is -2.14. The Hall–Kier alpha value is -2.39. The number of fused-ring (bicyclic) bond motifs is 3. The Bertz CT molecular complexity index is 1070.